The Labute approximate surface area is 174 Å². The van der Waals surface area contributed by atoms with Gasteiger partial charge in [0.1, 0.15) is 7.05 Å². The van der Waals surface area contributed by atoms with Gasteiger partial charge in [-0.2, -0.15) is 0 Å². The zero-order valence-corrected chi connectivity index (χ0v) is 17.4. The number of carbonyl (C=O) groups excluding carboxylic acids is 2. The van der Waals surface area contributed by atoms with Crippen molar-refractivity contribution in [1.29, 1.82) is 0 Å². The van der Waals surface area contributed by atoms with Gasteiger partial charge in [0.2, 0.25) is 0 Å². The number of ketones is 2. The van der Waals surface area contributed by atoms with Gasteiger partial charge in [0, 0.05) is 25.0 Å². The highest BCUT2D eigenvalue weighted by molar-refractivity contribution is 7.80. The van der Waals surface area contributed by atoms with Crippen molar-refractivity contribution in [2.24, 2.45) is 7.05 Å². The van der Waals surface area contributed by atoms with E-state index in [0.717, 1.165) is 11.4 Å². The molecule has 0 aliphatic rings. The minimum absolute atomic E-state index is 0.0733. The maximum absolute atomic E-state index is 12.9. The fourth-order valence-corrected chi connectivity index (χ4v) is 2.92. The summed E-state index contributed by atoms with van der Waals surface area (Å²) < 4.78 is 37.2. The quantitative estimate of drug-likeness (QED) is 0.275. The Morgan fingerprint density at radius 3 is 1.40 bits per heavy atom. The first-order valence-corrected chi connectivity index (χ1v) is 10.2. The molecule has 0 atom stereocenters. The zero-order chi connectivity index (χ0) is 22.5. The molecule has 0 bridgehead atoms. The molecule has 0 unspecified atom stereocenters. The van der Waals surface area contributed by atoms with E-state index in [4.69, 9.17) is 13.0 Å². The summed E-state index contributed by atoms with van der Waals surface area (Å²) in [6.07, 6.45) is 0. The van der Waals surface area contributed by atoms with Crippen LogP contribution in [0.5, 0.6) is 0 Å². The van der Waals surface area contributed by atoms with Gasteiger partial charge in [0.05, 0.1) is 11.1 Å². The van der Waals surface area contributed by atoms with Crippen molar-refractivity contribution in [2.75, 3.05) is 0 Å². The smallest absolute Gasteiger partial charge is 0.255 e. The van der Waals surface area contributed by atoms with Crippen LogP contribution in [0, 0.1) is 13.8 Å². The molecule has 0 saturated heterocycles. The highest BCUT2D eigenvalue weighted by Gasteiger charge is 2.26. The SMILES string of the molecule is Cc1c(C(=O)c2ccccc2)cc(C(=O)c2ccccc2)c(C)[n+]1C.O=S(=O)([O-])F. The van der Waals surface area contributed by atoms with E-state index < -0.39 is 10.5 Å². The maximum Gasteiger partial charge on any atom is 0.255 e. The molecule has 0 amide bonds. The lowest BCUT2D eigenvalue weighted by atomic mass is 9.95. The second kappa shape index (κ2) is 9.51. The lowest BCUT2D eigenvalue weighted by Crippen LogP contribution is -2.39. The molecule has 6 nitrogen and oxygen atoms in total. The fourth-order valence-electron chi connectivity index (χ4n) is 2.92. The monoisotopic (exact) mass is 429 g/mol. The van der Waals surface area contributed by atoms with Crippen LogP contribution in [0.3, 0.4) is 0 Å². The van der Waals surface area contributed by atoms with Crippen molar-refractivity contribution in [1.82, 2.24) is 0 Å². The van der Waals surface area contributed by atoms with Gasteiger partial charge in [0.15, 0.2) is 23.0 Å². The Morgan fingerprint density at radius 2 is 1.10 bits per heavy atom. The van der Waals surface area contributed by atoms with Gasteiger partial charge in [0.25, 0.3) is 10.5 Å². The molecule has 0 radical (unpaired) electrons. The largest absolute Gasteiger partial charge is 0.722 e. The highest BCUT2D eigenvalue weighted by Crippen LogP contribution is 2.18. The summed E-state index contributed by atoms with van der Waals surface area (Å²) in [6.45, 7) is 3.81. The number of pyridine rings is 1. The van der Waals surface area contributed by atoms with Gasteiger partial charge in [-0.25, -0.2) is 13.0 Å². The van der Waals surface area contributed by atoms with E-state index in [1.165, 1.54) is 0 Å². The number of hydrogen-bond acceptors (Lipinski definition) is 5. The third-order valence-corrected chi connectivity index (χ3v) is 4.64. The van der Waals surface area contributed by atoms with Gasteiger partial charge in [-0.15, -0.1) is 3.89 Å². The molecule has 0 saturated carbocycles. The molecule has 30 heavy (non-hydrogen) atoms. The summed E-state index contributed by atoms with van der Waals surface area (Å²) in [5.41, 5.74) is 4.03. The third-order valence-electron chi connectivity index (χ3n) is 4.64. The van der Waals surface area contributed by atoms with Crippen LogP contribution in [0.4, 0.5) is 3.89 Å². The number of benzene rings is 2. The average molecular weight is 429 g/mol. The predicted octanol–water partition coefficient (Wildman–Crippen LogP) is 3.01. The van der Waals surface area contributed by atoms with E-state index in [-0.39, 0.29) is 11.6 Å². The second-order valence-corrected chi connectivity index (χ2v) is 7.27. The van der Waals surface area contributed by atoms with Crippen molar-refractivity contribution in [3.05, 3.63) is 100 Å². The van der Waals surface area contributed by atoms with Gasteiger partial charge < -0.3 is 4.55 Å². The molecule has 3 rings (SSSR count). The van der Waals surface area contributed by atoms with Crippen molar-refractivity contribution in [3.8, 4) is 0 Å². The van der Waals surface area contributed by atoms with Gasteiger partial charge >= 0.3 is 0 Å². The Hall–Kier alpha value is -3.23. The summed E-state index contributed by atoms with van der Waals surface area (Å²) in [5.74, 6) is -0.147. The minimum Gasteiger partial charge on any atom is -0.722 e. The Balaban J connectivity index is 0.000000575. The summed E-state index contributed by atoms with van der Waals surface area (Å²) in [4.78, 5) is 25.8. The standard InChI is InChI=1S/C22H20NO2.FHO3S/c1-15-19(21(24)17-10-6-4-7-11-17)14-20(16(2)23(15)3)22(25)18-12-8-5-9-13-18;1-5(2,3)4/h4-14H,1-3H3;(H,2,3,4)/q+1;/p-1. The van der Waals surface area contributed by atoms with Gasteiger partial charge in [-0.1, -0.05) is 60.7 Å². The van der Waals surface area contributed by atoms with Crippen molar-refractivity contribution in [2.45, 2.75) is 13.8 Å². The molecule has 0 aliphatic carbocycles. The van der Waals surface area contributed by atoms with Crippen molar-refractivity contribution >= 4 is 22.1 Å². The molecule has 0 N–H and O–H groups in total. The van der Waals surface area contributed by atoms with Gasteiger partial charge in [-0.3, -0.25) is 9.59 Å². The minimum atomic E-state index is -5.42. The van der Waals surface area contributed by atoms with E-state index in [0.29, 0.717) is 22.3 Å². The van der Waals surface area contributed by atoms with Crippen LogP contribution in [-0.4, -0.2) is 24.5 Å². The average Bonchev–Trinajstić information content (AvgIpc) is 2.71. The number of rotatable bonds is 4. The normalized spacial score (nSPS) is 10.7. The molecular weight excluding hydrogens is 409 g/mol. The molecule has 2 aromatic carbocycles. The summed E-state index contributed by atoms with van der Waals surface area (Å²) in [6, 6.07) is 20.0. The zero-order valence-electron chi connectivity index (χ0n) is 16.6. The van der Waals surface area contributed by atoms with E-state index in [9.17, 15) is 13.5 Å². The number of aromatic nitrogens is 1. The van der Waals surface area contributed by atoms with Gasteiger partial charge in [-0.05, 0) is 6.07 Å². The first-order valence-electron chi connectivity index (χ1n) is 8.86. The number of carbonyl (C=O) groups is 2. The number of nitrogens with zero attached hydrogens (tertiary/aromatic N) is 1. The molecule has 1 heterocycles. The maximum atomic E-state index is 12.9. The molecule has 3 aromatic rings. The first-order chi connectivity index (χ1) is 14.0. The van der Waals surface area contributed by atoms with Crippen LogP contribution in [0.1, 0.15) is 43.2 Å². The van der Waals surface area contributed by atoms with Crippen LogP contribution in [0.15, 0.2) is 66.7 Å². The van der Waals surface area contributed by atoms with Crippen molar-refractivity contribution in [3.63, 3.8) is 0 Å². The van der Waals surface area contributed by atoms with Crippen molar-refractivity contribution < 1.29 is 31.0 Å². The first kappa shape index (κ1) is 23.1. The Bertz CT molecular complexity index is 1090. The van der Waals surface area contributed by atoms with E-state index in [1.807, 2.05) is 61.9 Å². The van der Waals surface area contributed by atoms with Crippen LogP contribution < -0.4 is 4.57 Å². The van der Waals surface area contributed by atoms with E-state index >= 15 is 0 Å². The van der Waals surface area contributed by atoms with E-state index in [2.05, 4.69) is 0 Å². The highest BCUT2D eigenvalue weighted by atomic mass is 32.3. The molecular formula is C22H20FNO5S. The molecule has 156 valence electrons. The predicted molar refractivity (Wildman–Crippen MR) is 108 cm³/mol. The topological polar surface area (TPSA) is 95.2 Å². The lowest BCUT2D eigenvalue weighted by Gasteiger charge is -2.10. The summed E-state index contributed by atoms with van der Waals surface area (Å²) in [5, 5.41) is 0. The lowest BCUT2D eigenvalue weighted by molar-refractivity contribution is -0.684. The summed E-state index contributed by atoms with van der Waals surface area (Å²) in [7, 11) is -3.53. The fraction of sp³-hybridized carbons (Fsp3) is 0.136. The van der Waals surface area contributed by atoms with Crippen LogP contribution in [-0.2, 0) is 17.6 Å². The van der Waals surface area contributed by atoms with Crippen LogP contribution >= 0.6 is 0 Å². The van der Waals surface area contributed by atoms with Crippen LogP contribution in [0.2, 0.25) is 0 Å². The molecule has 0 aliphatic heterocycles. The number of halogens is 1. The third kappa shape index (κ3) is 5.88. The number of hydrogen-bond donors (Lipinski definition) is 0. The molecule has 1 aromatic heterocycles. The van der Waals surface area contributed by atoms with E-state index in [1.54, 1.807) is 30.3 Å². The van der Waals surface area contributed by atoms with Crippen LogP contribution in [0.25, 0.3) is 0 Å². The molecule has 0 spiro atoms. The summed E-state index contributed by atoms with van der Waals surface area (Å²) >= 11 is 0. The Kier molecular flexibility index (Phi) is 7.31. The molecule has 8 heteroatoms. The molecule has 0 fully saturated rings. The second-order valence-electron chi connectivity index (χ2n) is 6.48. The Morgan fingerprint density at radius 1 is 0.800 bits per heavy atom.